The molecule has 1 saturated carbocycles. The molecule has 1 aliphatic carbocycles. The summed E-state index contributed by atoms with van der Waals surface area (Å²) >= 11 is 0. The molecule has 0 bridgehead atoms. The van der Waals surface area contributed by atoms with Gasteiger partial charge in [0.05, 0.1) is 12.6 Å². The van der Waals surface area contributed by atoms with Crippen LogP contribution in [0, 0.1) is 0 Å². The second kappa shape index (κ2) is 5.36. The van der Waals surface area contributed by atoms with Crippen LogP contribution >= 0.6 is 0 Å². The van der Waals surface area contributed by atoms with Crippen LogP contribution in [0.3, 0.4) is 0 Å². The van der Waals surface area contributed by atoms with Crippen molar-refractivity contribution < 1.29 is 4.42 Å². The minimum Gasteiger partial charge on any atom is -0.407 e. The first-order valence-electron chi connectivity index (χ1n) is 6.53. The normalized spacial score (nSPS) is 16.3. The summed E-state index contributed by atoms with van der Waals surface area (Å²) < 4.78 is 5.54. The van der Waals surface area contributed by atoms with Gasteiger partial charge in [-0.3, -0.25) is 4.98 Å². The number of rotatable bonds is 6. The Hall–Kier alpha value is -1.95. The first kappa shape index (κ1) is 12.1. The lowest BCUT2D eigenvalue weighted by atomic mass is 10.1. The van der Waals surface area contributed by atoms with E-state index in [1.165, 1.54) is 12.8 Å². The van der Waals surface area contributed by atoms with E-state index in [0.717, 1.165) is 5.56 Å². The van der Waals surface area contributed by atoms with Crippen LogP contribution in [-0.2, 0) is 6.54 Å². The molecule has 3 rings (SSSR count). The first-order chi connectivity index (χ1) is 9.31. The van der Waals surface area contributed by atoms with Crippen molar-refractivity contribution in [1.29, 1.82) is 0 Å². The quantitative estimate of drug-likeness (QED) is 0.825. The van der Waals surface area contributed by atoms with Gasteiger partial charge in [0, 0.05) is 18.4 Å². The molecule has 1 aliphatic rings. The molecule has 0 spiro atoms. The number of hydrogen-bond acceptors (Lipinski definition) is 6. The van der Waals surface area contributed by atoms with Gasteiger partial charge in [-0.15, -0.1) is 5.10 Å². The Bertz CT molecular complexity index is 523. The summed E-state index contributed by atoms with van der Waals surface area (Å²) in [6, 6.07) is 5.09. The van der Waals surface area contributed by atoms with E-state index in [1.807, 2.05) is 25.3 Å². The van der Waals surface area contributed by atoms with Crippen LogP contribution in [0.15, 0.2) is 28.9 Å². The van der Waals surface area contributed by atoms with Gasteiger partial charge in [-0.05, 0) is 31.4 Å². The second-order valence-corrected chi connectivity index (χ2v) is 4.81. The Morgan fingerprint density at radius 2 is 2.32 bits per heavy atom. The van der Waals surface area contributed by atoms with Crippen molar-refractivity contribution in [3.05, 3.63) is 36.0 Å². The van der Waals surface area contributed by atoms with E-state index in [-0.39, 0.29) is 6.04 Å². The highest BCUT2D eigenvalue weighted by molar-refractivity contribution is 5.26. The molecule has 0 radical (unpaired) electrons. The lowest BCUT2D eigenvalue weighted by Gasteiger charge is -2.10. The van der Waals surface area contributed by atoms with Gasteiger partial charge in [-0.1, -0.05) is 11.2 Å². The van der Waals surface area contributed by atoms with Crippen molar-refractivity contribution >= 4 is 6.01 Å². The highest BCUT2D eigenvalue weighted by atomic mass is 16.4. The number of nitrogens with zero attached hydrogens (tertiary/aromatic N) is 3. The molecule has 0 amide bonds. The topological polar surface area (TPSA) is 75.9 Å². The third kappa shape index (κ3) is 3.29. The minimum absolute atomic E-state index is 0.0818. The number of anilines is 1. The van der Waals surface area contributed by atoms with Gasteiger partial charge < -0.3 is 15.1 Å². The highest BCUT2D eigenvalue weighted by Gasteiger charge is 2.21. The molecule has 6 heteroatoms. The molecular weight excluding hydrogens is 242 g/mol. The zero-order valence-electron chi connectivity index (χ0n) is 10.8. The molecule has 2 N–H and O–H groups in total. The summed E-state index contributed by atoms with van der Waals surface area (Å²) in [7, 11) is 0. The average molecular weight is 259 g/mol. The van der Waals surface area contributed by atoms with E-state index >= 15 is 0 Å². The molecule has 1 unspecified atom stereocenters. The van der Waals surface area contributed by atoms with E-state index in [2.05, 4.69) is 25.8 Å². The fourth-order valence-corrected chi connectivity index (χ4v) is 1.80. The van der Waals surface area contributed by atoms with Gasteiger partial charge in [0.15, 0.2) is 0 Å². The van der Waals surface area contributed by atoms with Crippen LogP contribution in [0.25, 0.3) is 0 Å². The molecule has 2 aromatic rings. The van der Waals surface area contributed by atoms with Gasteiger partial charge >= 0.3 is 6.01 Å². The Labute approximate surface area is 111 Å². The lowest BCUT2D eigenvalue weighted by Crippen LogP contribution is -2.15. The Kier molecular flexibility index (Phi) is 3.41. The van der Waals surface area contributed by atoms with Crippen LogP contribution in [-0.4, -0.2) is 21.2 Å². The van der Waals surface area contributed by atoms with Gasteiger partial charge in [0.25, 0.3) is 0 Å². The zero-order valence-corrected chi connectivity index (χ0v) is 10.8. The van der Waals surface area contributed by atoms with E-state index in [9.17, 15) is 0 Å². The molecule has 1 fully saturated rings. The zero-order chi connectivity index (χ0) is 13.1. The first-order valence-corrected chi connectivity index (χ1v) is 6.53. The predicted molar refractivity (Wildman–Crippen MR) is 70.4 cm³/mol. The van der Waals surface area contributed by atoms with Crippen molar-refractivity contribution in [3.8, 4) is 0 Å². The van der Waals surface area contributed by atoms with Crippen molar-refractivity contribution in [1.82, 2.24) is 20.5 Å². The molecule has 100 valence electrons. The molecule has 0 aromatic carbocycles. The van der Waals surface area contributed by atoms with Crippen molar-refractivity contribution in [2.24, 2.45) is 0 Å². The summed E-state index contributed by atoms with van der Waals surface area (Å²) in [5.41, 5.74) is 1.08. The number of aromatic nitrogens is 3. The predicted octanol–water partition coefficient (Wildman–Crippen LogP) is 1.89. The molecule has 1 atom stereocenters. The van der Waals surface area contributed by atoms with E-state index < -0.39 is 0 Å². The Morgan fingerprint density at radius 3 is 3.05 bits per heavy atom. The SMILES string of the molecule is CC(Nc1nnc(CNC2CC2)o1)c1cccnc1. The van der Waals surface area contributed by atoms with Gasteiger partial charge in [0.1, 0.15) is 0 Å². The standard InChI is InChI=1S/C13H17N5O/c1-9(10-3-2-6-14-7-10)16-13-18-17-12(19-13)8-15-11-4-5-11/h2-3,6-7,9,11,15H,4-5,8H2,1H3,(H,16,18). The van der Waals surface area contributed by atoms with E-state index in [1.54, 1.807) is 6.20 Å². The number of hydrogen-bond donors (Lipinski definition) is 2. The third-order valence-electron chi connectivity index (χ3n) is 3.11. The van der Waals surface area contributed by atoms with Crippen LogP contribution in [0.1, 0.15) is 37.3 Å². The molecule has 6 nitrogen and oxygen atoms in total. The monoisotopic (exact) mass is 259 g/mol. The fraction of sp³-hybridized carbons (Fsp3) is 0.462. The maximum absolute atomic E-state index is 5.54. The van der Waals surface area contributed by atoms with Crippen LogP contribution in [0.2, 0.25) is 0 Å². The number of nitrogens with one attached hydrogen (secondary N) is 2. The molecule has 0 aliphatic heterocycles. The Balaban J connectivity index is 1.56. The number of pyridine rings is 1. The van der Waals surface area contributed by atoms with Crippen LogP contribution in [0.4, 0.5) is 6.01 Å². The second-order valence-electron chi connectivity index (χ2n) is 4.81. The molecule has 2 aromatic heterocycles. The smallest absolute Gasteiger partial charge is 0.315 e. The van der Waals surface area contributed by atoms with E-state index in [4.69, 9.17) is 4.42 Å². The minimum atomic E-state index is 0.0818. The highest BCUT2D eigenvalue weighted by Crippen LogP contribution is 2.20. The van der Waals surface area contributed by atoms with Gasteiger partial charge in [-0.25, -0.2) is 0 Å². The largest absolute Gasteiger partial charge is 0.407 e. The van der Waals surface area contributed by atoms with E-state index in [0.29, 0.717) is 24.5 Å². The molecule has 2 heterocycles. The van der Waals surface area contributed by atoms with Gasteiger partial charge in [0.2, 0.25) is 5.89 Å². The Morgan fingerprint density at radius 1 is 1.42 bits per heavy atom. The summed E-state index contributed by atoms with van der Waals surface area (Å²) in [6.45, 7) is 2.67. The molecule has 19 heavy (non-hydrogen) atoms. The molecule has 0 saturated heterocycles. The summed E-state index contributed by atoms with van der Waals surface area (Å²) in [6.07, 6.45) is 6.07. The van der Waals surface area contributed by atoms with Crippen molar-refractivity contribution in [2.75, 3.05) is 5.32 Å². The summed E-state index contributed by atoms with van der Waals surface area (Å²) in [4.78, 5) is 4.09. The average Bonchev–Trinajstić information content (AvgIpc) is 3.17. The van der Waals surface area contributed by atoms with Crippen molar-refractivity contribution in [3.63, 3.8) is 0 Å². The van der Waals surface area contributed by atoms with Crippen LogP contribution in [0.5, 0.6) is 0 Å². The molecular formula is C13H17N5O. The fourth-order valence-electron chi connectivity index (χ4n) is 1.80. The van der Waals surface area contributed by atoms with Gasteiger partial charge in [-0.2, -0.15) is 0 Å². The third-order valence-corrected chi connectivity index (χ3v) is 3.11. The maximum atomic E-state index is 5.54. The lowest BCUT2D eigenvalue weighted by molar-refractivity contribution is 0.473. The maximum Gasteiger partial charge on any atom is 0.315 e. The van der Waals surface area contributed by atoms with Crippen LogP contribution < -0.4 is 10.6 Å². The summed E-state index contributed by atoms with van der Waals surface area (Å²) in [5, 5.41) is 14.5. The summed E-state index contributed by atoms with van der Waals surface area (Å²) in [5.74, 6) is 0.618. The van der Waals surface area contributed by atoms with Crippen molar-refractivity contribution in [2.45, 2.75) is 38.4 Å².